The molecule has 1 aliphatic rings. The van der Waals surface area contributed by atoms with Crippen LogP contribution in [0.1, 0.15) is 18.5 Å². The smallest absolute Gasteiger partial charge is 0.119 e. The first kappa shape index (κ1) is 19.3. The first-order valence-corrected chi connectivity index (χ1v) is 6.65. The quantitative estimate of drug-likeness (QED) is 0.844. The zero-order chi connectivity index (χ0) is 12.8. The lowest BCUT2D eigenvalue weighted by molar-refractivity contribution is 0.203. The Hall–Kier alpha value is -0.740. The number of benzene rings is 1. The van der Waals surface area contributed by atoms with Crippen molar-refractivity contribution in [3.05, 3.63) is 42.5 Å². The molecule has 114 valence electrons. The number of piperazine rings is 1. The van der Waals surface area contributed by atoms with Crippen LogP contribution >= 0.6 is 24.8 Å². The van der Waals surface area contributed by atoms with Gasteiger partial charge in [0, 0.05) is 26.2 Å². The van der Waals surface area contributed by atoms with Crippen molar-refractivity contribution in [1.29, 1.82) is 0 Å². The van der Waals surface area contributed by atoms with Crippen molar-refractivity contribution in [3.8, 4) is 5.75 Å². The Bertz CT molecular complexity index is 395. The van der Waals surface area contributed by atoms with Crippen molar-refractivity contribution in [2.75, 3.05) is 32.8 Å². The third-order valence-electron chi connectivity index (χ3n) is 3.28. The lowest BCUT2D eigenvalue weighted by atomic mass is 10.0. The zero-order valence-corrected chi connectivity index (χ0v) is 13.5. The number of hydrogen-bond acceptors (Lipinski definition) is 3. The van der Waals surface area contributed by atoms with Crippen LogP contribution in [0, 0.1) is 0 Å². The van der Waals surface area contributed by atoms with E-state index in [4.69, 9.17) is 4.74 Å². The van der Waals surface area contributed by atoms with Crippen LogP contribution in [-0.2, 0) is 0 Å². The van der Waals surface area contributed by atoms with Crippen molar-refractivity contribution < 1.29 is 4.74 Å². The minimum atomic E-state index is 0. The van der Waals surface area contributed by atoms with Gasteiger partial charge < -0.3 is 10.1 Å². The SMILES string of the molecule is C=C[C@@H](c1cccc(OCC)c1)N1CCNCC1.Cl.Cl. The fourth-order valence-corrected chi connectivity index (χ4v) is 2.41. The lowest BCUT2D eigenvalue weighted by Crippen LogP contribution is -2.44. The van der Waals surface area contributed by atoms with Crippen LogP contribution in [0.3, 0.4) is 0 Å². The standard InChI is InChI=1S/C15H22N2O.2ClH/c1-3-15(17-10-8-16-9-11-17)13-6-5-7-14(12-13)18-4-2;;/h3,5-7,12,15-16H,1,4,8-11H2,2H3;2*1H/t15-;;/m0../s1. The monoisotopic (exact) mass is 318 g/mol. The predicted molar refractivity (Wildman–Crippen MR) is 89.5 cm³/mol. The normalized spacial score (nSPS) is 16.4. The van der Waals surface area contributed by atoms with Crippen LogP contribution in [0.2, 0.25) is 0 Å². The fourth-order valence-electron chi connectivity index (χ4n) is 2.41. The molecule has 1 aliphatic heterocycles. The Labute approximate surface area is 134 Å². The Morgan fingerprint density at radius 3 is 2.65 bits per heavy atom. The molecule has 0 unspecified atom stereocenters. The van der Waals surface area contributed by atoms with Gasteiger partial charge in [0.2, 0.25) is 0 Å². The van der Waals surface area contributed by atoms with Gasteiger partial charge >= 0.3 is 0 Å². The number of nitrogens with zero attached hydrogens (tertiary/aromatic N) is 1. The van der Waals surface area contributed by atoms with Gasteiger partial charge in [-0.25, -0.2) is 0 Å². The minimum absolute atomic E-state index is 0. The summed E-state index contributed by atoms with van der Waals surface area (Å²) in [6, 6.07) is 8.62. The Morgan fingerprint density at radius 1 is 1.35 bits per heavy atom. The minimum Gasteiger partial charge on any atom is -0.494 e. The molecule has 0 radical (unpaired) electrons. The number of nitrogens with one attached hydrogen (secondary N) is 1. The molecule has 1 aromatic rings. The fraction of sp³-hybridized carbons (Fsp3) is 0.467. The Kier molecular flexibility index (Phi) is 9.68. The molecule has 0 aliphatic carbocycles. The van der Waals surface area contributed by atoms with E-state index >= 15 is 0 Å². The van der Waals surface area contributed by atoms with E-state index in [1.807, 2.05) is 19.1 Å². The van der Waals surface area contributed by atoms with Gasteiger partial charge in [0.1, 0.15) is 5.75 Å². The molecule has 0 aromatic heterocycles. The van der Waals surface area contributed by atoms with E-state index in [9.17, 15) is 0 Å². The summed E-state index contributed by atoms with van der Waals surface area (Å²) < 4.78 is 5.56. The molecule has 1 aromatic carbocycles. The summed E-state index contributed by atoms with van der Waals surface area (Å²) in [6.07, 6.45) is 2.02. The van der Waals surface area contributed by atoms with Gasteiger partial charge in [-0.15, -0.1) is 31.4 Å². The highest BCUT2D eigenvalue weighted by Gasteiger charge is 2.19. The van der Waals surface area contributed by atoms with Crippen LogP contribution < -0.4 is 10.1 Å². The molecule has 0 saturated carbocycles. The Balaban J connectivity index is 0.00000180. The van der Waals surface area contributed by atoms with Crippen molar-refractivity contribution >= 4 is 24.8 Å². The molecule has 5 heteroatoms. The second-order valence-corrected chi connectivity index (χ2v) is 4.47. The Morgan fingerprint density at radius 2 is 2.05 bits per heavy atom. The van der Waals surface area contributed by atoms with Crippen molar-refractivity contribution in [3.63, 3.8) is 0 Å². The van der Waals surface area contributed by atoms with Gasteiger partial charge in [-0.05, 0) is 24.6 Å². The molecule has 3 nitrogen and oxygen atoms in total. The maximum atomic E-state index is 5.56. The highest BCUT2D eigenvalue weighted by atomic mass is 35.5. The molecular formula is C15H24Cl2N2O. The molecule has 0 spiro atoms. The molecule has 1 fully saturated rings. The summed E-state index contributed by atoms with van der Waals surface area (Å²) in [5.41, 5.74) is 1.26. The summed E-state index contributed by atoms with van der Waals surface area (Å²) in [4.78, 5) is 2.45. The van der Waals surface area contributed by atoms with Crippen LogP contribution in [-0.4, -0.2) is 37.7 Å². The van der Waals surface area contributed by atoms with Gasteiger partial charge in [0.15, 0.2) is 0 Å². The topological polar surface area (TPSA) is 24.5 Å². The zero-order valence-electron chi connectivity index (χ0n) is 11.9. The second-order valence-electron chi connectivity index (χ2n) is 4.47. The van der Waals surface area contributed by atoms with E-state index in [2.05, 4.69) is 35.0 Å². The number of hydrogen-bond donors (Lipinski definition) is 1. The van der Waals surface area contributed by atoms with Crippen molar-refractivity contribution in [2.45, 2.75) is 13.0 Å². The van der Waals surface area contributed by atoms with E-state index in [1.165, 1.54) is 5.56 Å². The molecule has 1 N–H and O–H groups in total. The second kappa shape index (κ2) is 10.1. The van der Waals surface area contributed by atoms with Crippen molar-refractivity contribution in [1.82, 2.24) is 10.2 Å². The summed E-state index contributed by atoms with van der Waals surface area (Å²) in [5, 5.41) is 3.38. The van der Waals surface area contributed by atoms with E-state index in [0.29, 0.717) is 6.61 Å². The van der Waals surface area contributed by atoms with E-state index in [-0.39, 0.29) is 30.9 Å². The molecule has 2 rings (SSSR count). The highest BCUT2D eigenvalue weighted by molar-refractivity contribution is 5.85. The average molecular weight is 319 g/mol. The lowest BCUT2D eigenvalue weighted by Gasteiger charge is -2.33. The van der Waals surface area contributed by atoms with Gasteiger partial charge in [-0.1, -0.05) is 18.2 Å². The first-order chi connectivity index (χ1) is 8.85. The van der Waals surface area contributed by atoms with E-state index < -0.39 is 0 Å². The summed E-state index contributed by atoms with van der Waals surface area (Å²) in [6.45, 7) is 10.9. The van der Waals surface area contributed by atoms with Crippen LogP contribution in [0.4, 0.5) is 0 Å². The maximum Gasteiger partial charge on any atom is 0.119 e. The van der Waals surface area contributed by atoms with Crippen LogP contribution in [0.25, 0.3) is 0 Å². The summed E-state index contributed by atoms with van der Waals surface area (Å²) in [7, 11) is 0. The van der Waals surface area contributed by atoms with E-state index in [0.717, 1.165) is 31.9 Å². The van der Waals surface area contributed by atoms with Crippen LogP contribution in [0.15, 0.2) is 36.9 Å². The molecule has 1 atom stereocenters. The molecule has 20 heavy (non-hydrogen) atoms. The maximum absolute atomic E-state index is 5.56. The van der Waals surface area contributed by atoms with Gasteiger partial charge in [-0.3, -0.25) is 4.90 Å². The van der Waals surface area contributed by atoms with Gasteiger partial charge in [0.05, 0.1) is 12.6 Å². The van der Waals surface area contributed by atoms with Gasteiger partial charge in [0.25, 0.3) is 0 Å². The number of rotatable bonds is 5. The average Bonchev–Trinajstić information content (AvgIpc) is 2.42. The van der Waals surface area contributed by atoms with E-state index in [1.54, 1.807) is 0 Å². The molecule has 0 bridgehead atoms. The highest BCUT2D eigenvalue weighted by Crippen LogP contribution is 2.25. The number of halogens is 2. The largest absolute Gasteiger partial charge is 0.494 e. The molecule has 1 heterocycles. The molecule has 0 amide bonds. The molecule has 1 saturated heterocycles. The first-order valence-electron chi connectivity index (χ1n) is 6.65. The molecular weight excluding hydrogens is 295 g/mol. The van der Waals surface area contributed by atoms with Crippen molar-refractivity contribution in [2.24, 2.45) is 0 Å². The van der Waals surface area contributed by atoms with Crippen LogP contribution in [0.5, 0.6) is 5.75 Å². The summed E-state index contributed by atoms with van der Waals surface area (Å²) in [5.74, 6) is 0.942. The third-order valence-corrected chi connectivity index (χ3v) is 3.28. The summed E-state index contributed by atoms with van der Waals surface area (Å²) >= 11 is 0. The number of ether oxygens (including phenoxy) is 1. The van der Waals surface area contributed by atoms with Gasteiger partial charge in [-0.2, -0.15) is 0 Å². The third kappa shape index (κ3) is 4.98. The predicted octanol–water partition coefficient (Wildman–Crippen LogP) is 3.06.